The molecule has 3 aromatic rings. The Morgan fingerprint density at radius 2 is 1.86 bits per heavy atom. The Balaban J connectivity index is 2.34. The number of hydrogen-bond donors (Lipinski definition) is 2. The van der Waals surface area contributed by atoms with Crippen LogP contribution < -0.4 is 11.1 Å². The van der Waals surface area contributed by atoms with Crippen molar-refractivity contribution in [3.8, 4) is 0 Å². The zero-order chi connectivity index (χ0) is 21.3. The van der Waals surface area contributed by atoms with Crippen LogP contribution in [0.5, 0.6) is 0 Å². The maximum absolute atomic E-state index is 13.5. The van der Waals surface area contributed by atoms with Crippen LogP contribution in [0.3, 0.4) is 0 Å². The predicted molar refractivity (Wildman–Crippen MR) is 112 cm³/mol. The van der Waals surface area contributed by atoms with Gasteiger partial charge in [-0.1, -0.05) is 25.5 Å². The van der Waals surface area contributed by atoms with Gasteiger partial charge in [0.2, 0.25) is 0 Å². The van der Waals surface area contributed by atoms with Crippen LogP contribution >= 0.6 is 0 Å². The molecule has 1 aromatic carbocycles. The molecule has 2 heterocycles. The Morgan fingerprint density at radius 3 is 2.45 bits per heavy atom. The molecule has 0 fully saturated rings. The second-order valence-electron chi connectivity index (χ2n) is 7.92. The third-order valence-electron chi connectivity index (χ3n) is 5.16. The lowest BCUT2D eigenvalue weighted by Gasteiger charge is -2.20. The van der Waals surface area contributed by atoms with Crippen molar-refractivity contribution in [2.75, 3.05) is 7.11 Å². The van der Waals surface area contributed by atoms with Crippen molar-refractivity contribution >= 4 is 16.9 Å². The van der Waals surface area contributed by atoms with Crippen LogP contribution in [0.2, 0.25) is 0 Å². The first-order valence-corrected chi connectivity index (χ1v) is 9.71. The Morgan fingerprint density at radius 1 is 1.14 bits per heavy atom. The molecular formula is C22H27N3O4. The number of H-pyrrole nitrogens is 2. The van der Waals surface area contributed by atoms with E-state index in [-0.39, 0.29) is 23.5 Å². The summed E-state index contributed by atoms with van der Waals surface area (Å²) in [5.74, 6) is -0.925. The van der Waals surface area contributed by atoms with Gasteiger partial charge in [-0.3, -0.25) is 19.5 Å². The molecule has 154 valence electrons. The summed E-state index contributed by atoms with van der Waals surface area (Å²) in [6.45, 7) is 8.37. The van der Waals surface area contributed by atoms with Gasteiger partial charge in [0.15, 0.2) is 0 Å². The molecule has 7 nitrogen and oxygen atoms in total. The lowest BCUT2D eigenvalue weighted by molar-refractivity contribution is -0.140. The molecule has 3 rings (SSSR count). The third-order valence-corrected chi connectivity index (χ3v) is 5.16. The van der Waals surface area contributed by atoms with Gasteiger partial charge in [-0.05, 0) is 43.4 Å². The summed E-state index contributed by atoms with van der Waals surface area (Å²) in [4.78, 5) is 38.1. The summed E-state index contributed by atoms with van der Waals surface area (Å²) in [5.41, 5.74) is 2.79. The average Bonchev–Trinajstić information content (AvgIpc) is 2.99. The summed E-state index contributed by atoms with van der Waals surface area (Å²) >= 11 is 0. The first-order chi connectivity index (χ1) is 13.7. The van der Waals surface area contributed by atoms with Gasteiger partial charge in [0.1, 0.15) is 0 Å². The van der Waals surface area contributed by atoms with Gasteiger partial charge in [-0.2, -0.15) is 0 Å². The first kappa shape index (κ1) is 20.6. The van der Waals surface area contributed by atoms with Gasteiger partial charge in [-0.15, -0.1) is 0 Å². The number of fused-ring (bicyclic) bond motifs is 1. The Hall–Kier alpha value is -3.09. The number of ether oxygens (including phenoxy) is 1. The molecule has 1 unspecified atom stereocenters. The van der Waals surface area contributed by atoms with Crippen LogP contribution in [0.15, 0.2) is 33.9 Å². The summed E-state index contributed by atoms with van der Waals surface area (Å²) < 4.78 is 6.60. The molecule has 0 saturated heterocycles. The monoisotopic (exact) mass is 397 g/mol. The quantitative estimate of drug-likeness (QED) is 0.625. The molecule has 0 aliphatic carbocycles. The highest BCUT2D eigenvalue weighted by atomic mass is 16.5. The number of benzene rings is 1. The molecule has 2 aromatic heterocycles. The fourth-order valence-corrected chi connectivity index (χ4v) is 3.82. The maximum atomic E-state index is 13.5. The molecule has 7 heteroatoms. The zero-order valence-corrected chi connectivity index (χ0v) is 17.5. The number of carbonyl (C=O) groups is 1. The second kappa shape index (κ2) is 8.11. The minimum absolute atomic E-state index is 0.0908. The normalized spacial score (nSPS) is 12.5. The summed E-state index contributed by atoms with van der Waals surface area (Å²) in [5, 5.41) is 6.24. The van der Waals surface area contributed by atoms with Crippen molar-refractivity contribution in [1.29, 1.82) is 0 Å². The van der Waals surface area contributed by atoms with Gasteiger partial charge in [-0.25, -0.2) is 0 Å². The molecule has 1 atom stereocenters. The number of aromatic nitrogens is 3. The number of aromatic amines is 2. The van der Waals surface area contributed by atoms with Crippen molar-refractivity contribution in [3.05, 3.63) is 67.4 Å². The topological polar surface area (TPSA) is 96.9 Å². The van der Waals surface area contributed by atoms with E-state index in [0.29, 0.717) is 23.4 Å². The molecule has 0 saturated carbocycles. The highest BCUT2D eigenvalue weighted by molar-refractivity contribution is 5.81. The van der Waals surface area contributed by atoms with Crippen molar-refractivity contribution < 1.29 is 9.53 Å². The molecule has 0 radical (unpaired) electrons. The fraction of sp³-hybridized carbons (Fsp3) is 0.409. The molecule has 0 aliphatic heterocycles. The average molecular weight is 397 g/mol. The van der Waals surface area contributed by atoms with E-state index in [9.17, 15) is 14.4 Å². The molecular weight excluding hydrogens is 370 g/mol. The number of rotatable bonds is 6. The van der Waals surface area contributed by atoms with Crippen molar-refractivity contribution in [2.45, 2.75) is 46.6 Å². The lowest BCUT2D eigenvalue weighted by Crippen LogP contribution is -2.30. The maximum Gasteiger partial charge on any atom is 0.306 e. The van der Waals surface area contributed by atoms with Gasteiger partial charge in [0, 0.05) is 29.3 Å². The van der Waals surface area contributed by atoms with E-state index in [1.807, 2.05) is 39.0 Å². The largest absolute Gasteiger partial charge is 0.469 e. The number of aryl methyl sites for hydroxylation is 2. The molecule has 0 aliphatic rings. The molecule has 0 amide bonds. The number of pyridine rings is 1. The van der Waals surface area contributed by atoms with Crippen LogP contribution in [-0.4, -0.2) is 27.8 Å². The predicted octanol–water partition coefficient (Wildman–Crippen LogP) is 2.99. The summed E-state index contributed by atoms with van der Waals surface area (Å²) in [6, 6.07) is 7.74. The van der Waals surface area contributed by atoms with E-state index in [1.165, 1.54) is 7.11 Å². The van der Waals surface area contributed by atoms with Gasteiger partial charge in [0.25, 0.3) is 11.1 Å². The van der Waals surface area contributed by atoms with Gasteiger partial charge >= 0.3 is 5.97 Å². The van der Waals surface area contributed by atoms with Crippen LogP contribution in [0.25, 0.3) is 10.9 Å². The van der Waals surface area contributed by atoms with Gasteiger partial charge in [0.05, 0.1) is 19.0 Å². The van der Waals surface area contributed by atoms with E-state index in [4.69, 9.17) is 4.74 Å². The minimum Gasteiger partial charge on any atom is -0.469 e. The zero-order valence-electron chi connectivity index (χ0n) is 17.5. The molecule has 29 heavy (non-hydrogen) atoms. The Bertz CT molecular complexity index is 1170. The Labute approximate surface area is 168 Å². The van der Waals surface area contributed by atoms with E-state index in [0.717, 1.165) is 16.5 Å². The van der Waals surface area contributed by atoms with E-state index >= 15 is 0 Å². The summed E-state index contributed by atoms with van der Waals surface area (Å²) in [6.07, 6.45) is -0.0908. The number of methoxy groups -OCH3 is 1. The number of nitrogens with one attached hydrogen (secondary N) is 2. The van der Waals surface area contributed by atoms with Crippen molar-refractivity contribution in [2.24, 2.45) is 5.92 Å². The highest BCUT2D eigenvalue weighted by Gasteiger charge is 2.28. The molecule has 0 bridgehead atoms. The number of esters is 1. The fourth-order valence-electron chi connectivity index (χ4n) is 3.82. The third kappa shape index (κ3) is 4.04. The Kier molecular flexibility index (Phi) is 5.77. The number of carbonyl (C=O) groups excluding carboxylic acids is 1. The first-order valence-electron chi connectivity index (χ1n) is 9.71. The summed E-state index contributed by atoms with van der Waals surface area (Å²) in [7, 11) is 1.30. The minimum atomic E-state index is -0.701. The highest BCUT2D eigenvalue weighted by Crippen LogP contribution is 2.28. The van der Waals surface area contributed by atoms with Crippen LogP contribution in [0.1, 0.15) is 48.6 Å². The number of hydrogen-bond acceptors (Lipinski definition) is 4. The van der Waals surface area contributed by atoms with Crippen LogP contribution in [-0.2, 0) is 16.1 Å². The number of nitrogens with zero attached hydrogens (tertiary/aromatic N) is 1. The van der Waals surface area contributed by atoms with Crippen LogP contribution in [0.4, 0.5) is 0 Å². The molecule has 0 spiro atoms. The SMILES string of the molecule is COC(=O)CC(c1c(C)[nH][nH]c1=O)c1cc2cc(C)ccc2n(CC(C)C)c1=O. The van der Waals surface area contributed by atoms with Gasteiger partial charge < -0.3 is 14.4 Å². The van der Waals surface area contributed by atoms with Crippen molar-refractivity contribution in [3.63, 3.8) is 0 Å². The molecule has 2 N–H and O–H groups in total. The van der Waals surface area contributed by atoms with E-state index in [2.05, 4.69) is 10.2 Å². The van der Waals surface area contributed by atoms with E-state index < -0.39 is 11.9 Å². The van der Waals surface area contributed by atoms with E-state index in [1.54, 1.807) is 17.6 Å². The standard InChI is InChI=1S/C22H27N3O4/c1-12(2)11-25-18-7-6-13(3)8-15(18)9-17(22(25)28)16(10-19(26)29-5)20-14(4)23-24-21(20)27/h6-9,12,16H,10-11H2,1-5H3,(H2,23,24,27). The smallest absolute Gasteiger partial charge is 0.306 e. The van der Waals surface area contributed by atoms with Crippen LogP contribution in [0, 0.1) is 19.8 Å². The second-order valence-corrected chi connectivity index (χ2v) is 7.92. The lowest BCUT2D eigenvalue weighted by atomic mass is 9.88. The van der Waals surface area contributed by atoms with Crippen molar-refractivity contribution in [1.82, 2.24) is 14.8 Å².